The second-order valence-electron chi connectivity index (χ2n) is 8.61. The van der Waals surface area contributed by atoms with E-state index in [0.29, 0.717) is 48.9 Å². The standard InChI is InChI=1S/C23H27F4N3O/c1-13-15(5-3-6-16(13)20(24)25)12-28-21-19(18-7-4-10-31-18)17(29-14(2)30-21)11-23(8-9-23)22(26)27/h3,5-6,18,20,22H,4,7-12H2,1-2H3,(H,28,29,30). The molecule has 1 N–H and O–H groups in total. The Balaban J connectivity index is 1.66. The minimum absolute atomic E-state index is 0.00538. The summed E-state index contributed by atoms with van der Waals surface area (Å²) in [6, 6.07) is 4.83. The van der Waals surface area contributed by atoms with Crippen LogP contribution in [-0.2, 0) is 17.7 Å². The van der Waals surface area contributed by atoms with E-state index in [-0.39, 0.29) is 18.1 Å². The van der Waals surface area contributed by atoms with Gasteiger partial charge in [-0.05, 0) is 50.7 Å². The van der Waals surface area contributed by atoms with E-state index in [1.54, 1.807) is 26.0 Å². The molecule has 4 rings (SSSR count). The van der Waals surface area contributed by atoms with Crippen molar-refractivity contribution >= 4 is 5.82 Å². The van der Waals surface area contributed by atoms with Gasteiger partial charge in [0.05, 0.1) is 11.8 Å². The zero-order valence-electron chi connectivity index (χ0n) is 17.7. The van der Waals surface area contributed by atoms with Crippen molar-refractivity contribution in [2.24, 2.45) is 5.41 Å². The minimum Gasteiger partial charge on any atom is -0.373 e. The summed E-state index contributed by atoms with van der Waals surface area (Å²) >= 11 is 0. The largest absolute Gasteiger partial charge is 0.373 e. The highest BCUT2D eigenvalue weighted by Crippen LogP contribution is 2.54. The van der Waals surface area contributed by atoms with Gasteiger partial charge in [0.2, 0.25) is 6.43 Å². The maximum atomic E-state index is 13.6. The van der Waals surface area contributed by atoms with Crippen LogP contribution in [0.1, 0.15) is 72.0 Å². The lowest BCUT2D eigenvalue weighted by molar-refractivity contribution is 0.0598. The van der Waals surface area contributed by atoms with Gasteiger partial charge in [0, 0.05) is 36.1 Å². The number of nitrogens with zero attached hydrogens (tertiary/aromatic N) is 2. The van der Waals surface area contributed by atoms with E-state index in [2.05, 4.69) is 15.3 Å². The summed E-state index contributed by atoms with van der Waals surface area (Å²) in [6.45, 7) is 4.31. The van der Waals surface area contributed by atoms with E-state index in [4.69, 9.17) is 4.74 Å². The van der Waals surface area contributed by atoms with Gasteiger partial charge >= 0.3 is 0 Å². The van der Waals surface area contributed by atoms with Crippen LogP contribution in [-0.4, -0.2) is 23.0 Å². The predicted octanol–water partition coefficient (Wildman–Crippen LogP) is 6.08. The van der Waals surface area contributed by atoms with Gasteiger partial charge in [-0.15, -0.1) is 0 Å². The quantitative estimate of drug-likeness (QED) is 0.508. The van der Waals surface area contributed by atoms with E-state index >= 15 is 0 Å². The smallest absolute Gasteiger partial charge is 0.264 e. The zero-order chi connectivity index (χ0) is 22.2. The Morgan fingerprint density at radius 3 is 2.55 bits per heavy atom. The molecule has 1 aromatic heterocycles. The molecule has 31 heavy (non-hydrogen) atoms. The number of hydrogen-bond donors (Lipinski definition) is 1. The SMILES string of the molecule is Cc1nc(CC2(C(F)F)CC2)c(C2CCCO2)c(NCc2cccc(C(F)F)c2C)n1. The van der Waals surface area contributed by atoms with Crippen molar-refractivity contribution in [3.63, 3.8) is 0 Å². The summed E-state index contributed by atoms with van der Waals surface area (Å²) in [7, 11) is 0. The van der Waals surface area contributed by atoms with Gasteiger partial charge in [0.25, 0.3) is 6.43 Å². The molecule has 2 fully saturated rings. The summed E-state index contributed by atoms with van der Waals surface area (Å²) in [5.74, 6) is 1.03. The van der Waals surface area contributed by atoms with Gasteiger partial charge in [-0.25, -0.2) is 27.5 Å². The molecule has 0 bridgehead atoms. The van der Waals surface area contributed by atoms with Gasteiger partial charge in [-0.2, -0.15) is 0 Å². The summed E-state index contributed by atoms with van der Waals surface area (Å²) in [6.07, 6.45) is -2.36. The normalized spacial score (nSPS) is 19.9. The summed E-state index contributed by atoms with van der Waals surface area (Å²) < 4.78 is 59.7. The number of anilines is 1. The highest BCUT2D eigenvalue weighted by Gasteiger charge is 2.51. The monoisotopic (exact) mass is 437 g/mol. The molecule has 0 radical (unpaired) electrons. The Labute approximate surface area is 179 Å². The first-order chi connectivity index (χ1) is 14.8. The molecule has 1 saturated heterocycles. The van der Waals surface area contributed by atoms with Crippen LogP contribution in [0.2, 0.25) is 0 Å². The van der Waals surface area contributed by atoms with Crippen LogP contribution in [0.3, 0.4) is 0 Å². The fraction of sp³-hybridized carbons (Fsp3) is 0.565. The number of nitrogens with one attached hydrogen (secondary N) is 1. The minimum atomic E-state index is -2.54. The molecule has 1 aromatic carbocycles. The van der Waals surface area contributed by atoms with Crippen molar-refractivity contribution in [1.82, 2.24) is 9.97 Å². The van der Waals surface area contributed by atoms with Gasteiger partial charge in [0.15, 0.2) is 0 Å². The highest BCUT2D eigenvalue weighted by atomic mass is 19.3. The van der Waals surface area contributed by atoms with E-state index < -0.39 is 18.3 Å². The van der Waals surface area contributed by atoms with Crippen molar-refractivity contribution in [2.75, 3.05) is 11.9 Å². The summed E-state index contributed by atoms with van der Waals surface area (Å²) in [4.78, 5) is 9.07. The first-order valence-corrected chi connectivity index (χ1v) is 10.7. The lowest BCUT2D eigenvalue weighted by atomic mass is 9.94. The van der Waals surface area contributed by atoms with Crippen LogP contribution in [0.5, 0.6) is 0 Å². The number of hydrogen-bond acceptors (Lipinski definition) is 4. The molecule has 4 nitrogen and oxygen atoms in total. The zero-order valence-corrected chi connectivity index (χ0v) is 17.7. The van der Waals surface area contributed by atoms with Crippen LogP contribution >= 0.6 is 0 Å². The number of aryl methyl sites for hydroxylation is 1. The van der Waals surface area contributed by atoms with Crippen LogP contribution < -0.4 is 5.32 Å². The van der Waals surface area contributed by atoms with E-state index in [1.807, 2.05) is 0 Å². The highest BCUT2D eigenvalue weighted by molar-refractivity contribution is 5.50. The number of ether oxygens (including phenoxy) is 1. The van der Waals surface area contributed by atoms with Crippen molar-refractivity contribution in [3.8, 4) is 0 Å². The Kier molecular flexibility index (Phi) is 6.19. The number of benzene rings is 1. The second-order valence-corrected chi connectivity index (χ2v) is 8.61. The predicted molar refractivity (Wildman–Crippen MR) is 110 cm³/mol. The number of halogens is 4. The average Bonchev–Trinajstić information content (AvgIpc) is 3.30. The van der Waals surface area contributed by atoms with E-state index in [0.717, 1.165) is 24.0 Å². The Morgan fingerprint density at radius 2 is 1.94 bits per heavy atom. The van der Waals surface area contributed by atoms with Crippen LogP contribution in [0.4, 0.5) is 23.4 Å². The topological polar surface area (TPSA) is 47.0 Å². The van der Waals surface area contributed by atoms with Gasteiger partial charge < -0.3 is 10.1 Å². The fourth-order valence-electron chi connectivity index (χ4n) is 4.33. The Hall–Kier alpha value is -2.22. The Bertz CT molecular complexity index is 941. The third kappa shape index (κ3) is 4.54. The molecule has 0 amide bonds. The fourth-order valence-corrected chi connectivity index (χ4v) is 4.33. The van der Waals surface area contributed by atoms with Gasteiger partial charge in [-0.3, -0.25) is 0 Å². The molecule has 1 unspecified atom stereocenters. The molecule has 2 heterocycles. The summed E-state index contributed by atoms with van der Waals surface area (Å²) in [5.41, 5.74) is 1.61. The first kappa shape index (κ1) is 22.0. The third-order valence-electron chi connectivity index (χ3n) is 6.43. The number of rotatable bonds is 8. The van der Waals surface area contributed by atoms with Gasteiger partial charge in [-0.1, -0.05) is 18.2 Å². The van der Waals surface area contributed by atoms with Crippen molar-refractivity contribution in [2.45, 2.75) is 71.5 Å². The molecule has 1 aliphatic heterocycles. The average molecular weight is 437 g/mol. The molecule has 2 aromatic rings. The molecule has 0 spiro atoms. The number of aromatic nitrogens is 2. The van der Waals surface area contributed by atoms with Crippen molar-refractivity contribution in [3.05, 3.63) is 52.0 Å². The van der Waals surface area contributed by atoms with Crippen LogP contribution in [0.25, 0.3) is 0 Å². The van der Waals surface area contributed by atoms with E-state index in [1.165, 1.54) is 6.07 Å². The molecular formula is C23H27F4N3O. The van der Waals surface area contributed by atoms with Crippen molar-refractivity contribution in [1.29, 1.82) is 0 Å². The molecule has 1 aliphatic carbocycles. The Morgan fingerprint density at radius 1 is 1.16 bits per heavy atom. The molecule has 1 atom stereocenters. The van der Waals surface area contributed by atoms with Crippen LogP contribution in [0, 0.1) is 19.3 Å². The molecular weight excluding hydrogens is 410 g/mol. The first-order valence-electron chi connectivity index (χ1n) is 10.7. The third-order valence-corrected chi connectivity index (χ3v) is 6.43. The molecule has 8 heteroatoms. The lowest BCUT2D eigenvalue weighted by Crippen LogP contribution is -2.20. The number of alkyl halides is 4. The van der Waals surface area contributed by atoms with Crippen LogP contribution in [0.15, 0.2) is 18.2 Å². The second kappa shape index (κ2) is 8.73. The lowest BCUT2D eigenvalue weighted by Gasteiger charge is -2.23. The maximum absolute atomic E-state index is 13.6. The van der Waals surface area contributed by atoms with E-state index in [9.17, 15) is 17.6 Å². The molecule has 1 saturated carbocycles. The molecule has 2 aliphatic rings. The van der Waals surface area contributed by atoms with Crippen molar-refractivity contribution < 1.29 is 22.3 Å². The summed E-state index contributed by atoms with van der Waals surface area (Å²) in [5, 5.41) is 3.27. The maximum Gasteiger partial charge on any atom is 0.264 e. The molecule has 168 valence electrons. The van der Waals surface area contributed by atoms with Gasteiger partial charge in [0.1, 0.15) is 11.6 Å².